The van der Waals surface area contributed by atoms with Gasteiger partial charge in [0.1, 0.15) is 5.56 Å². The molecular weight excluding hydrogens is 452 g/mol. The Bertz CT molecular complexity index is 1350. The van der Waals surface area contributed by atoms with Crippen molar-refractivity contribution in [2.75, 3.05) is 30.8 Å². The average molecular weight is 483 g/mol. The van der Waals surface area contributed by atoms with Gasteiger partial charge in [0.15, 0.2) is 9.84 Å². The van der Waals surface area contributed by atoms with Gasteiger partial charge in [-0.25, -0.2) is 8.42 Å². The summed E-state index contributed by atoms with van der Waals surface area (Å²) in [7, 11) is -3.16. The lowest BCUT2D eigenvalue weighted by Gasteiger charge is -2.34. The molecule has 5 rings (SSSR count). The van der Waals surface area contributed by atoms with Gasteiger partial charge in [0.05, 0.1) is 22.0 Å². The maximum atomic E-state index is 13.3. The minimum absolute atomic E-state index is 0.117. The maximum Gasteiger partial charge on any atom is 0.264 e. The lowest BCUT2D eigenvalue weighted by molar-refractivity contribution is 0.0940. The van der Waals surface area contributed by atoms with Crippen LogP contribution < -0.4 is 15.8 Å². The molecule has 1 aliphatic heterocycles. The SMILES string of the molecule is CS(=O)(=O)C1(CN2CCn3c(=O)c(C(=O)NCC4CCC(C#N)CC4)cc4cccc2c43)CC1. The van der Waals surface area contributed by atoms with E-state index in [2.05, 4.69) is 16.3 Å². The summed E-state index contributed by atoms with van der Waals surface area (Å²) < 4.78 is 25.6. The molecule has 1 N–H and O–H groups in total. The second-order valence-corrected chi connectivity index (χ2v) is 12.6. The number of anilines is 1. The van der Waals surface area contributed by atoms with Gasteiger partial charge >= 0.3 is 0 Å². The van der Waals surface area contributed by atoms with Crippen molar-refractivity contribution >= 4 is 32.3 Å². The fourth-order valence-corrected chi connectivity index (χ4v) is 6.76. The number of amides is 1. The van der Waals surface area contributed by atoms with E-state index in [-0.39, 0.29) is 22.9 Å². The molecule has 34 heavy (non-hydrogen) atoms. The van der Waals surface area contributed by atoms with Crippen LogP contribution in [0.1, 0.15) is 48.9 Å². The number of rotatable bonds is 6. The van der Waals surface area contributed by atoms with Crippen LogP contribution in [0.5, 0.6) is 0 Å². The Morgan fingerprint density at radius 3 is 2.59 bits per heavy atom. The molecule has 2 aliphatic carbocycles. The second-order valence-electron chi connectivity index (χ2n) is 10.2. The molecule has 9 heteroatoms. The Kier molecular flexibility index (Phi) is 5.67. The van der Waals surface area contributed by atoms with Gasteiger partial charge in [-0.05, 0) is 56.6 Å². The fourth-order valence-electron chi connectivity index (χ4n) is 5.52. The molecule has 0 bridgehead atoms. The number of hydrogen-bond acceptors (Lipinski definition) is 6. The van der Waals surface area contributed by atoms with Crippen molar-refractivity contribution in [3.63, 3.8) is 0 Å². The van der Waals surface area contributed by atoms with E-state index in [4.69, 9.17) is 5.26 Å². The predicted molar refractivity (Wildman–Crippen MR) is 131 cm³/mol. The van der Waals surface area contributed by atoms with Gasteiger partial charge in [0, 0.05) is 43.7 Å². The Morgan fingerprint density at radius 1 is 1.21 bits per heavy atom. The molecule has 2 saturated carbocycles. The Balaban J connectivity index is 1.39. The first kappa shape index (κ1) is 22.9. The number of aromatic nitrogens is 1. The number of nitrogens with zero attached hydrogens (tertiary/aromatic N) is 3. The minimum atomic E-state index is -3.16. The van der Waals surface area contributed by atoms with Crippen molar-refractivity contribution in [3.8, 4) is 6.07 Å². The molecule has 1 aromatic carbocycles. The van der Waals surface area contributed by atoms with Crippen LogP contribution >= 0.6 is 0 Å². The van der Waals surface area contributed by atoms with Crippen LogP contribution in [0.25, 0.3) is 10.9 Å². The molecule has 8 nitrogen and oxygen atoms in total. The summed E-state index contributed by atoms with van der Waals surface area (Å²) >= 11 is 0. The van der Waals surface area contributed by atoms with Crippen molar-refractivity contribution in [2.24, 2.45) is 11.8 Å². The molecule has 0 unspecified atom stereocenters. The first-order valence-corrected chi connectivity index (χ1v) is 13.9. The highest BCUT2D eigenvalue weighted by Gasteiger charge is 2.53. The second kappa shape index (κ2) is 8.42. The summed E-state index contributed by atoms with van der Waals surface area (Å²) in [4.78, 5) is 28.3. The fraction of sp³-hybridized carbons (Fsp3) is 0.560. The molecule has 2 heterocycles. The van der Waals surface area contributed by atoms with Crippen LogP contribution in [-0.2, 0) is 16.4 Å². The van der Waals surface area contributed by atoms with Gasteiger partial charge in [-0.1, -0.05) is 12.1 Å². The average Bonchev–Trinajstić information content (AvgIpc) is 3.62. The number of sulfone groups is 1. The van der Waals surface area contributed by atoms with Gasteiger partial charge in [0.2, 0.25) is 0 Å². The van der Waals surface area contributed by atoms with Crippen LogP contribution in [0.3, 0.4) is 0 Å². The monoisotopic (exact) mass is 482 g/mol. The molecule has 0 atom stereocenters. The summed E-state index contributed by atoms with van der Waals surface area (Å²) in [6, 6.07) is 9.69. The molecule has 3 aliphatic rings. The number of nitrogens with one attached hydrogen (secondary N) is 1. The molecule has 0 radical (unpaired) electrons. The zero-order chi connectivity index (χ0) is 24.1. The Morgan fingerprint density at radius 2 is 1.94 bits per heavy atom. The normalized spacial score (nSPS) is 23.4. The van der Waals surface area contributed by atoms with E-state index in [9.17, 15) is 18.0 Å². The first-order chi connectivity index (χ1) is 16.2. The van der Waals surface area contributed by atoms with Crippen LogP contribution in [0, 0.1) is 23.2 Å². The minimum Gasteiger partial charge on any atom is -0.366 e. The van der Waals surface area contributed by atoms with Gasteiger partial charge in [-0.3, -0.25) is 9.59 Å². The third-order valence-electron chi connectivity index (χ3n) is 7.92. The van der Waals surface area contributed by atoms with Gasteiger partial charge < -0.3 is 14.8 Å². The Labute approximate surface area is 199 Å². The number of nitriles is 1. The zero-order valence-electron chi connectivity index (χ0n) is 19.4. The molecule has 180 valence electrons. The van der Waals surface area contributed by atoms with Gasteiger partial charge in [-0.15, -0.1) is 0 Å². The predicted octanol–water partition coefficient (Wildman–Crippen LogP) is 2.46. The standard InChI is InChI=1S/C25H30N4O4S/c1-34(32,33)25(9-10-25)16-28-11-12-29-22-19(3-2-4-21(22)28)13-20(24(29)31)23(30)27-15-18-7-5-17(14-26)6-8-18/h2-4,13,17-18H,5-12,15-16H2,1H3,(H,27,30). The summed E-state index contributed by atoms with van der Waals surface area (Å²) in [5.74, 6) is 0.0888. The molecule has 1 amide bonds. The van der Waals surface area contributed by atoms with Crippen molar-refractivity contribution in [2.45, 2.75) is 49.8 Å². The van der Waals surface area contributed by atoms with Crippen molar-refractivity contribution in [1.82, 2.24) is 9.88 Å². The molecule has 0 spiro atoms. The topological polar surface area (TPSA) is 112 Å². The van der Waals surface area contributed by atoms with Gasteiger partial charge in [0.25, 0.3) is 11.5 Å². The van der Waals surface area contributed by atoms with Crippen LogP contribution in [0.15, 0.2) is 29.1 Å². The molecular formula is C25H30N4O4S. The van der Waals surface area contributed by atoms with E-state index in [1.165, 1.54) is 6.26 Å². The highest BCUT2D eigenvalue weighted by Crippen LogP contribution is 2.45. The number of pyridine rings is 1. The molecule has 0 saturated heterocycles. The van der Waals surface area contributed by atoms with E-state index >= 15 is 0 Å². The summed E-state index contributed by atoms with van der Waals surface area (Å²) in [5, 5.41) is 12.8. The molecule has 2 fully saturated rings. The summed E-state index contributed by atoms with van der Waals surface area (Å²) in [6.45, 7) is 1.87. The molecule has 2 aromatic rings. The number of benzene rings is 1. The number of carbonyl (C=O) groups is 1. The lowest BCUT2D eigenvalue weighted by Crippen LogP contribution is -2.44. The number of hydrogen-bond donors (Lipinski definition) is 1. The van der Waals surface area contributed by atoms with E-state index in [0.717, 1.165) is 42.3 Å². The smallest absolute Gasteiger partial charge is 0.264 e. The highest BCUT2D eigenvalue weighted by molar-refractivity contribution is 7.92. The molecule has 1 aromatic heterocycles. The van der Waals surface area contributed by atoms with Crippen LogP contribution in [0.4, 0.5) is 5.69 Å². The third kappa shape index (κ3) is 3.98. The largest absolute Gasteiger partial charge is 0.366 e. The van der Waals surface area contributed by atoms with E-state index in [1.54, 1.807) is 10.6 Å². The summed E-state index contributed by atoms with van der Waals surface area (Å²) in [5.41, 5.74) is 1.43. The maximum absolute atomic E-state index is 13.3. The van der Waals surface area contributed by atoms with E-state index in [0.29, 0.717) is 44.9 Å². The van der Waals surface area contributed by atoms with Gasteiger partial charge in [-0.2, -0.15) is 5.26 Å². The lowest BCUT2D eigenvalue weighted by atomic mass is 9.83. The first-order valence-electron chi connectivity index (χ1n) is 12.0. The highest BCUT2D eigenvalue weighted by atomic mass is 32.2. The van der Waals surface area contributed by atoms with Crippen molar-refractivity contribution in [1.29, 1.82) is 5.26 Å². The third-order valence-corrected chi connectivity index (χ3v) is 10.0. The summed E-state index contributed by atoms with van der Waals surface area (Å²) in [6.07, 6.45) is 6.19. The van der Waals surface area contributed by atoms with Crippen LogP contribution in [-0.4, -0.2) is 49.5 Å². The number of carbonyl (C=O) groups excluding carboxylic acids is 1. The quantitative estimate of drug-likeness (QED) is 0.677. The van der Waals surface area contributed by atoms with Crippen molar-refractivity contribution < 1.29 is 13.2 Å². The van der Waals surface area contributed by atoms with Crippen LogP contribution in [0.2, 0.25) is 0 Å². The number of para-hydroxylation sites is 1. The zero-order valence-corrected chi connectivity index (χ0v) is 20.2. The van der Waals surface area contributed by atoms with E-state index < -0.39 is 14.6 Å². The Hall–Kier alpha value is -2.86. The van der Waals surface area contributed by atoms with Crippen molar-refractivity contribution in [3.05, 3.63) is 40.2 Å². The van der Waals surface area contributed by atoms with E-state index in [1.807, 2.05) is 18.2 Å².